The predicted molar refractivity (Wildman–Crippen MR) is 127 cm³/mol. The van der Waals surface area contributed by atoms with Crippen LogP contribution in [0.15, 0.2) is 59.6 Å². The molecule has 1 fully saturated rings. The van der Waals surface area contributed by atoms with Gasteiger partial charge in [-0.15, -0.1) is 11.3 Å². The molecule has 0 spiro atoms. The maximum absolute atomic E-state index is 13.4. The summed E-state index contributed by atoms with van der Waals surface area (Å²) in [6.45, 7) is 4.72. The molecule has 1 aliphatic heterocycles. The van der Waals surface area contributed by atoms with Crippen molar-refractivity contribution < 1.29 is 28.6 Å². The largest absolute Gasteiger partial charge is 0.507 e. The van der Waals surface area contributed by atoms with Crippen molar-refractivity contribution >= 4 is 33.9 Å². The molecule has 2 aromatic carbocycles. The quantitative estimate of drug-likeness (QED) is 0.273. The van der Waals surface area contributed by atoms with E-state index in [0.717, 1.165) is 6.42 Å². The first-order valence-electron chi connectivity index (χ1n) is 10.8. The van der Waals surface area contributed by atoms with E-state index in [2.05, 4.69) is 4.98 Å². The van der Waals surface area contributed by atoms with Crippen molar-refractivity contribution in [2.75, 3.05) is 18.1 Å². The number of amides is 1. The van der Waals surface area contributed by atoms with E-state index in [1.165, 1.54) is 46.7 Å². The number of ether oxygens (including phenoxy) is 2. The topological polar surface area (TPSA) is 89.0 Å². The first kappa shape index (κ1) is 23.4. The summed E-state index contributed by atoms with van der Waals surface area (Å²) < 4.78 is 25.0. The van der Waals surface area contributed by atoms with Gasteiger partial charge in [0.05, 0.1) is 24.8 Å². The molecule has 1 saturated heterocycles. The molecule has 176 valence electrons. The van der Waals surface area contributed by atoms with Gasteiger partial charge in [0.25, 0.3) is 5.78 Å². The Balaban J connectivity index is 1.89. The second kappa shape index (κ2) is 10.0. The second-order valence-corrected chi connectivity index (χ2v) is 8.35. The Hall–Kier alpha value is -3.72. The summed E-state index contributed by atoms with van der Waals surface area (Å²) in [6, 6.07) is 9.23. The molecule has 1 aromatic heterocycles. The second-order valence-electron chi connectivity index (χ2n) is 7.48. The van der Waals surface area contributed by atoms with Crippen LogP contribution in [0.3, 0.4) is 0 Å². The van der Waals surface area contributed by atoms with E-state index in [9.17, 15) is 19.1 Å². The number of aliphatic hydroxyl groups is 1. The molecule has 1 N–H and O–H groups in total. The van der Waals surface area contributed by atoms with E-state index >= 15 is 0 Å². The minimum Gasteiger partial charge on any atom is -0.507 e. The average Bonchev–Trinajstić information content (AvgIpc) is 3.45. The Bertz CT molecular complexity index is 1220. The van der Waals surface area contributed by atoms with Crippen molar-refractivity contribution in [3.8, 4) is 11.5 Å². The van der Waals surface area contributed by atoms with Crippen LogP contribution in [-0.2, 0) is 9.59 Å². The molecule has 4 rings (SSSR count). The summed E-state index contributed by atoms with van der Waals surface area (Å²) in [5, 5.41) is 13.1. The van der Waals surface area contributed by atoms with E-state index in [1.807, 2.05) is 13.8 Å². The van der Waals surface area contributed by atoms with Crippen LogP contribution in [0.5, 0.6) is 11.5 Å². The van der Waals surface area contributed by atoms with E-state index in [-0.39, 0.29) is 11.1 Å². The van der Waals surface area contributed by atoms with Crippen LogP contribution in [0, 0.1) is 5.82 Å². The lowest BCUT2D eigenvalue weighted by Crippen LogP contribution is -2.29. The van der Waals surface area contributed by atoms with Crippen molar-refractivity contribution in [3.63, 3.8) is 0 Å². The number of hydrogen-bond acceptors (Lipinski definition) is 7. The highest BCUT2D eigenvalue weighted by Crippen LogP contribution is 2.44. The molecule has 1 unspecified atom stereocenters. The van der Waals surface area contributed by atoms with Gasteiger partial charge >= 0.3 is 5.91 Å². The number of halogens is 1. The Morgan fingerprint density at radius 3 is 2.53 bits per heavy atom. The summed E-state index contributed by atoms with van der Waals surface area (Å²) in [5.41, 5.74) is 0.637. The third-order valence-electron chi connectivity index (χ3n) is 5.23. The number of thiazole rings is 1. The van der Waals surface area contributed by atoms with Crippen LogP contribution in [-0.4, -0.2) is 35.0 Å². The molecule has 0 saturated carbocycles. The number of rotatable bonds is 8. The van der Waals surface area contributed by atoms with Crippen molar-refractivity contribution in [1.29, 1.82) is 0 Å². The highest BCUT2D eigenvalue weighted by Gasteiger charge is 2.48. The molecular formula is C25H23FN2O5S. The number of hydrogen-bond donors (Lipinski definition) is 1. The molecule has 1 aliphatic rings. The number of nitrogens with zero attached hydrogens (tertiary/aromatic N) is 2. The normalized spacial score (nSPS) is 17.3. The van der Waals surface area contributed by atoms with E-state index < -0.39 is 29.3 Å². The molecule has 7 nitrogen and oxygen atoms in total. The molecule has 0 radical (unpaired) electrons. The summed E-state index contributed by atoms with van der Waals surface area (Å²) in [4.78, 5) is 31.7. The fourth-order valence-electron chi connectivity index (χ4n) is 3.74. The van der Waals surface area contributed by atoms with Gasteiger partial charge in [0.1, 0.15) is 11.6 Å². The van der Waals surface area contributed by atoms with Crippen molar-refractivity contribution in [2.24, 2.45) is 0 Å². The van der Waals surface area contributed by atoms with Crippen molar-refractivity contribution in [2.45, 2.75) is 26.3 Å². The van der Waals surface area contributed by atoms with Gasteiger partial charge in [0, 0.05) is 17.1 Å². The molecule has 34 heavy (non-hydrogen) atoms. The molecule has 1 amide bonds. The van der Waals surface area contributed by atoms with Gasteiger partial charge in [-0.05, 0) is 55.3 Å². The third kappa shape index (κ3) is 4.38. The van der Waals surface area contributed by atoms with Gasteiger partial charge in [0.15, 0.2) is 16.6 Å². The van der Waals surface area contributed by atoms with E-state index in [0.29, 0.717) is 35.4 Å². The maximum atomic E-state index is 13.4. The smallest absolute Gasteiger partial charge is 0.301 e. The van der Waals surface area contributed by atoms with Gasteiger partial charge in [-0.25, -0.2) is 9.37 Å². The van der Waals surface area contributed by atoms with Crippen LogP contribution >= 0.6 is 11.3 Å². The molecule has 3 aromatic rings. The number of ketones is 1. The first-order chi connectivity index (χ1) is 16.5. The zero-order chi connectivity index (χ0) is 24.2. The number of aliphatic hydroxyl groups excluding tert-OH is 1. The Labute approximate surface area is 200 Å². The molecule has 0 aliphatic carbocycles. The Morgan fingerprint density at radius 2 is 1.88 bits per heavy atom. The molecule has 0 bridgehead atoms. The van der Waals surface area contributed by atoms with Crippen LogP contribution < -0.4 is 14.4 Å². The SMILES string of the molecule is CCCOc1ccc(C2/C(=C(/O)c3ccc(F)cc3)C(=O)C(=O)N2c2nccs2)cc1OCC. The molecule has 2 heterocycles. The lowest BCUT2D eigenvalue weighted by molar-refractivity contribution is -0.132. The fourth-order valence-corrected chi connectivity index (χ4v) is 4.40. The zero-order valence-corrected chi connectivity index (χ0v) is 19.5. The summed E-state index contributed by atoms with van der Waals surface area (Å²) in [7, 11) is 0. The number of aromatic nitrogens is 1. The van der Waals surface area contributed by atoms with Gasteiger partial charge in [-0.2, -0.15) is 0 Å². The van der Waals surface area contributed by atoms with E-state index in [1.54, 1.807) is 23.6 Å². The summed E-state index contributed by atoms with van der Waals surface area (Å²) in [6.07, 6.45) is 2.35. The lowest BCUT2D eigenvalue weighted by atomic mass is 9.95. The van der Waals surface area contributed by atoms with Crippen molar-refractivity contribution in [1.82, 2.24) is 4.98 Å². The van der Waals surface area contributed by atoms with Gasteiger partial charge < -0.3 is 14.6 Å². The monoisotopic (exact) mass is 482 g/mol. The van der Waals surface area contributed by atoms with Gasteiger partial charge in [0.2, 0.25) is 0 Å². The third-order valence-corrected chi connectivity index (χ3v) is 6.00. The van der Waals surface area contributed by atoms with Crippen LogP contribution in [0.2, 0.25) is 0 Å². The van der Waals surface area contributed by atoms with Crippen molar-refractivity contribution in [3.05, 3.63) is 76.6 Å². The molecule has 1 atom stereocenters. The highest BCUT2D eigenvalue weighted by atomic mass is 32.1. The number of carbonyl (C=O) groups is 2. The lowest BCUT2D eigenvalue weighted by Gasteiger charge is -2.24. The van der Waals surface area contributed by atoms with Crippen LogP contribution in [0.1, 0.15) is 37.4 Å². The number of anilines is 1. The molecule has 9 heteroatoms. The van der Waals surface area contributed by atoms with Crippen LogP contribution in [0.25, 0.3) is 5.76 Å². The maximum Gasteiger partial charge on any atom is 0.301 e. The van der Waals surface area contributed by atoms with Crippen LogP contribution in [0.4, 0.5) is 9.52 Å². The number of Topliss-reactive ketones (excluding diaryl/α,β-unsaturated/α-hetero) is 1. The predicted octanol–water partition coefficient (Wildman–Crippen LogP) is 5.10. The highest BCUT2D eigenvalue weighted by molar-refractivity contribution is 7.14. The van der Waals surface area contributed by atoms with E-state index in [4.69, 9.17) is 9.47 Å². The summed E-state index contributed by atoms with van der Waals surface area (Å²) >= 11 is 1.20. The van der Waals surface area contributed by atoms with Gasteiger partial charge in [-0.1, -0.05) is 13.0 Å². The fraction of sp³-hybridized carbons (Fsp3) is 0.240. The zero-order valence-electron chi connectivity index (χ0n) is 18.7. The minimum atomic E-state index is -0.962. The standard InChI is InChI=1S/C25H23FN2O5S/c1-3-12-33-18-10-7-16(14-19(18)32-4-2)21-20(22(29)15-5-8-17(26)9-6-15)23(30)24(31)28(21)25-27-11-13-34-25/h5-11,13-14,21,29H,3-4,12H2,1-2H3/b22-20-. The minimum absolute atomic E-state index is 0.114. The number of benzene rings is 2. The Morgan fingerprint density at radius 1 is 1.12 bits per heavy atom. The van der Waals surface area contributed by atoms with Gasteiger partial charge in [-0.3, -0.25) is 14.5 Å². The average molecular weight is 483 g/mol. The Kier molecular flexibility index (Phi) is 6.93. The number of carbonyl (C=O) groups excluding carboxylic acids is 2. The molecular weight excluding hydrogens is 459 g/mol. The first-order valence-corrected chi connectivity index (χ1v) is 11.7. The summed E-state index contributed by atoms with van der Waals surface area (Å²) in [5.74, 6) is -1.55.